The highest BCUT2D eigenvalue weighted by Crippen LogP contribution is 2.25. The molecule has 0 aliphatic carbocycles. The van der Waals surface area contributed by atoms with Crippen LogP contribution >= 0.6 is 0 Å². The van der Waals surface area contributed by atoms with Crippen LogP contribution in [-0.2, 0) is 4.79 Å². The van der Waals surface area contributed by atoms with Crippen molar-refractivity contribution in [2.75, 3.05) is 6.54 Å². The molecule has 0 aliphatic rings. The van der Waals surface area contributed by atoms with E-state index in [1.165, 1.54) is 0 Å². The van der Waals surface area contributed by atoms with Gasteiger partial charge in [-0.25, -0.2) is 0 Å². The number of amides is 1. The summed E-state index contributed by atoms with van der Waals surface area (Å²) in [7, 11) is 0. The third kappa shape index (κ3) is 7.69. The molecule has 3 N–H and O–H groups in total. The largest absolute Gasteiger partial charge is 0.350 e. The molecule has 1 unspecified atom stereocenters. The van der Waals surface area contributed by atoms with Gasteiger partial charge in [0, 0.05) is 18.5 Å². The van der Waals surface area contributed by atoms with Crippen molar-refractivity contribution in [1.29, 1.82) is 0 Å². The Morgan fingerprint density at radius 3 is 2.12 bits per heavy atom. The Hall–Kier alpha value is -0.570. The first-order valence-corrected chi connectivity index (χ1v) is 6.07. The maximum absolute atomic E-state index is 11.7. The zero-order valence-corrected chi connectivity index (χ0v) is 11.7. The fraction of sp³-hybridized carbons (Fsp3) is 0.923. The van der Waals surface area contributed by atoms with E-state index < -0.39 is 0 Å². The Kier molecular flexibility index (Phi) is 5.47. The molecule has 0 aromatic heterocycles. The first-order chi connectivity index (χ1) is 7.06. The number of nitrogens with two attached hydrogens (primary N) is 1. The molecule has 96 valence electrons. The highest BCUT2D eigenvalue weighted by molar-refractivity contribution is 5.76. The number of carbonyl (C=O) groups excluding carboxylic acids is 1. The molecule has 0 spiro atoms. The van der Waals surface area contributed by atoms with Crippen molar-refractivity contribution < 1.29 is 4.79 Å². The average molecular weight is 228 g/mol. The summed E-state index contributed by atoms with van der Waals surface area (Å²) in [5, 5.41) is 2.96. The topological polar surface area (TPSA) is 55.1 Å². The zero-order valence-electron chi connectivity index (χ0n) is 11.7. The van der Waals surface area contributed by atoms with Crippen molar-refractivity contribution in [2.24, 2.45) is 17.1 Å². The van der Waals surface area contributed by atoms with Gasteiger partial charge in [-0.15, -0.1) is 0 Å². The standard InChI is InChI=1S/C13H28N2O/c1-10(8-12(2,3)4)7-11(16)15-13(5,6)9-14/h10H,7-9,14H2,1-6H3,(H,15,16). The third-order valence-electron chi connectivity index (χ3n) is 2.48. The number of carbonyl (C=O) groups is 1. The van der Waals surface area contributed by atoms with E-state index in [1.807, 2.05) is 13.8 Å². The van der Waals surface area contributed by atoms with Gasteiger partial charge >= 0.3 is 0 Å². The normalized spacial score (nSPS) is 14.7. The predicted octanol–water partition coefficient (Wildman–Crippen LogP) is 2.30. The van der Waals surface area contributed by atoms with Gasteiger partial charge < -0.3 is 11.1 Å². The maximum Gasteiger partial charge on any atom is 0.220 e. The Labute approximate surface area is 100 Å². The Balaban J connectivity index is 4.06. The molecule has 0 rings (SSSR count). The van der Waals surface area contributed by atoms with Crippen molar-refractivity contribution in [3.05, 3.63) is 0 Å². The van der Waals surface area contributed by atoms with Crippen LogP contribution in [0.4, 0.5) is 0 Å². The van der Waals surface area contributed by atoms with Crippen LogP contribution in [0.1, 0.15) is 54.4 Å². The maximum atomic E-state index is 11.7. The molecule has 1 amide bonds. The second kappa shape index (κ2) is 5.67. The molecule has 0 bridgehead atoms. The fourth-order valence-corrected chi connectivity index (χ4v) is 1.91. The van der Waals surface area contributed by atoms with Crippen LogP contribution in [0.5, 0.6) is 0 Å². The van der Waals surface area contributed by atoms with E-state index in [0.29, 0.717) is 18.9 Å². The first-order valence-electron chi connectivity index (χ1n) is 6.07. The highest BCUT2D eigenvalue weighted by atomic mass is 16.1. The number of hydrogen-bond acceptors (Lipinski definition) is 2. The van der Waals surface area contributed by atoms with Crippen LogP contribution in [0, 0.1) is 11.3 Å². The Morgan fingerprint density at radius 2 is 1.75 bits per heavy atom. The molecule has 0 saturated carbocycles. The summed E-state index contributed by atoms with van der Waals surface area (Å²) >= 11 is 0. The molecular weight excluding hydrogens is 200 g/mol. The molecular formula is C13H28N2O. The molecule has 0 heterocycles. The van der Waals surface area contributed by atoms with Crippen LogP contribution in [0.25, 0.3) is 0 Å². The minimum Gasteiger partial charge on any atom is -0.350 e. The first kappa shape index (κ1) is 15.4. The molecule has 16 heavy (non-hydrogen) atoms. The lowest BCUT2D eigenvalue weighted by Gasteiger charge is -2.27. The van der Waals surface area contributed by atoms with E-state index in [2.05, 4.69) is 33.0 Å². The minimum atomic E-state index is -0.293. The number of rotatable bonds is 5. The summed E-state index contributed by atoms with van der Waals surface area (Å²) in [4.78, 5) is 11.7. The Bertz CT molecular complexity index is 229. The van der Waals surface area contributed by atoms with E-state index in [1.54, 1.807) is 0 Å². The van der Waals surface area contributed by atoms with E-state index in [4.69, 9.17) is 5.73 Å². The summed E-state index contributed by atoms with van der Waals surface area (Å²) in [5.74, 6) is 0.515. The van der Waals surface area contributed by atoms with Gasteiger partial charge in [0.1, 0.15) is 0 Å². The smallest absolute Gasteiger partial charge is 0.220 e. The van der Waals surface area contributed by atoms with E-state index in [-0.39, 0.29) is 16.9 Å². The van der Waals surface area contributed by atoms with Crippen molar-refractivity contribution in [3.8, 4) is 0 Å². The summed E-state index contributed by atoms with van der Waals surface area (Å²) in [5.41, 5.74) is 5.56. The van der Waals surface area contributed by atoms with Crippen molar-refractivity contribution in [1.82, 2.24) is 5.32 Å². The van der Waals surface area contributed by atoms with E-state index in [9.17, 15) is 4.79 Å². The van der Waals surface area contributed by atoms with Gasteiger partial charge in [0.05, 0.1) is 0 Å². The van der Waals surface area contributed by atoms with Crippen LogP contribution < -0.4 is 11.1 Å². The lowest BCUT2D eigenvalue weighted by molar-refractivity contribution is -0.123. The van der Waals surface area contributed by atoms with Gasteiger partial charge in [-0.3, -0.25) is 4.79 Å². The summed E-state index contributed by atoms with van der Waals surface area (Å²) in [6.45, 7) is 13.1. The van der Waals surface area contributed by atoms with E-state index in [0.717, 1.165) is 6.42 Å². The molecule has 0 aromatic carbocycles. The molecule has 0 fully saturated rings. The van der Waals surface area contributed by atoms with Gasteiger partial charge in [-0.2, -0.15) is 0 Å². The average Bonchev–Trinajstić information content (AvgIpc) is 1.98. The van der Waals surface area contributed by atoms with Gasteiger partial charge in [0.15, 0.2) is 0 Å². The monoisotopic (exact) mass is 228 g/mol. The number of nitrogens with one attached hydrogen (secondary N) is 1. The van der Waals surface area contributed by atoms with Gasteiger partial charge in [-0.1, -0.05) is 27.7 Å². The molecule has 0 aliphatic heterocycles. The molecule has 0 radical (unpaired) electrons. The van der Waals surface area contributed by atoms with Gasteiger partial charge in [0.2, 0.25) is 5.91 Å². The Morgan fingerprint density at radius 1 is 1.25 bits per heavy atom. The number of hydrogen-bond donors (Lipinski definition) is 2. The van der Waals surface area contributed by atoms with E-state index >= 15 is 0 Å². The summed E-state index contributed by atoms with van der Waals surface area (Å²) in [6, 6.07) is 0. The third-order valence-corrected chi connectivity index (χ3v) is 2.48. The summed E-state index contributed by atoms with van der Waals surface area (Å²) < 4.78 is 0. The van der Waals surface area contributed by atoms with Crippen molar-refractivity contribution in [3.63, 3.8) is 0 Å². The molecule has 3 heteroatoms. The fourth-order valence-electron chi connectivity index (χ4n) is 1.91. The van der Waals surface area contributed by atoms with Gasteiger partial charge in [0.25, 0.3) is 0 Å². The van der Waals surface area contributed by atoms with Crippen LogP contribution in [0.15, 0.2) is 0 Å². The summed E-state index contributed by atoms with van der Waals surface area (Å²) in [6.07, 6.45) is 1.64. The van der Waals surface area contributed by atoms with Crippen molar-refractivity contribution in [2.45, 2.75) is 59.9 Å². The van der Waals surface area contributed by atoms with Gasteiger partial charge in [-0.05, 0) is 31.6 Å². The predicted molar refractivity (Wildman–Crippen MR) is 69.1 cm³/mol. The highest BCUT2D eigenvalue weighted by Gasteiger charge is 2.21. The minimum absolute atomic E-state index is 0.104. The van der Waals surface area contributed by atoms with Crippen LogP contribution in [0.3, 0.4) is 0 Å². The quantitative estimate of drug-likeness (QED) is 0.758. The van der Waals surface area contributed by atoms with Crippen LogP contribution in [-0.4, -0.2) is 18.0 Å². The lowest BCUT2D eigenvalue weighted by atomic mass is 9.84. The lowest BCUT2D eigenvalue weighted by Crippen LogP contribution is -2.49. The molecule has 0 saturated heterocycles. The van der Waals surface area contributed by atoms with Crippen LogP contribution in [0.2, 0.25) is 0 Å². The SMILES string of the molecule is CC(CC(=O)NC(C)(C)CN)CC(C)(C)C. The second-order valence-electron chi connectivity index (χ2n) is 6.71. The molecule has 1 atom stereocenters. The second-order valence-corrected chi connectivity index (χ2v) is 6.71. The molecule has 0 aromatic rings. The zero-order chi connectivity index (χ0) is 13.0. The van der Waals surface area contributed by atoms with Crippen molar-refractivity contribution >= 4 is 5.91 Å². The molecule has 3 nitrogen and oxygen atoms in total.